The first kappa shape index (κ1) is 21.7. The van der Waals surface area contributed by atoms with Gasteiger partial charge in [-0.2, -0.15) is 5.26 Å². The molecule has 0 aromatic carbocycles. The molecule has 30 heavy (non-hydrogen) atoms. The maximum atomic E-state index is 12.6. The summed E-state index contributed by atoms with van der Waals surface area (Å²) in [6, 6.07) is 7.59. The Bertz CT molecular complexity index is 1050. The summed E-state index contributed by atoms with van der Waals surface area (Å²) in [7, 11) is 0. The Morgan fingerprint density at radius 2 is 2.27 bits per heavy atom. The van der Waals surface area contributed by atoms with Crippen molar-refractivity contribution in [1.29, 1.82) is 5.26 Å². The zero-order valence-electron chi connectivity index (χ0n) is 16.6. The molecule has 3 heterocycles. The molecule has 0 saturated carbocycles. The van der Waals surface area contributed by atoms with E-state index >= 15 is 0 Å². The third kappa shape index (κ3) is 4.75. The lowest BCUT2D eigenvalue weighted by Gasteiger charge is -2.28. The van der Waals surface area contributed by atoms with Crippen LogP contribution in [-0.4, -0.2) is 29.4 Å². The number of anilines is 1. The predicted molar refractivity (Wildman–Crippen MR) is 114 cm³/mol. The van der Waals surface area contributed by atoms with Crippen molar-refractivity contribution in [1.82, 2.24) is 10.5 Å². The average Bonchev–Trinajstić information content (AvgIpc) is 3.37. The second kappa shape index (κ2) is 9.65. The number of hydrogen-bond donors (Lipinski definition) is 2. The number of esters is 1. The van der Waals surface area contributed by atoms with Crippen LogP contribution in [0.25, 0.3) is 0 Å². The van der Waals surface area contributed by atoms with Crippen LogP contribution in [0.2, 0.25) is 0 Å². The molecule has 2 aromatic heterocycles. The minimum Gasteiger partial charge on any atom is -0.463 e. The molecular weight excluding hydrogens is 424 g/mol. The van der Waals surface area contributed by atoms with Crippen molar-refractivity contribution in [3.63, 3.8) is 0 Å². The fourth-order valence-corrected chi connectivity index (χ4v) is 4.72. The lowest BCUT2D eigenvalue weighted by atomic mass is 9.87. The van der Waals surface area contributed by atoms with Crippen molar-refractivity contribution < 1.29 is 18.8 Å². The Labute approximate surface area is 182 Å². The highest BCUT2D eigenvalue weighted by molar-refractivity contribution is 8.03. The van der Waals surface area contributed by atoms with Gasteiger partial charge in [0, 0.05) is 16.6 Å². The largest absolute Gasteiger partial charge is 0.463 e. The molecule has 1 aliphatic heterocycles. The van der Waals surface area contributed by atoms with Crippen LogP contribution in [0.3, 0.4) is 0 Å². The molecule has 0 fully saturated rings. The van der Waals surface area contributed by atoms with E-state index in [9.17, 15) is 14.9 Å². The molecule has 0 spiro atoms. The van der Waals surface area contributed by atoms with Crippen LogP contribution in [0.15, 0.2) is 50.0 Å². The summed E-state index contributed by atoms with van der Waals surface area (Å²) in [6.07, 6.45) is 0. The summed E-state index contributed by atoms with van der Waals surface area (Å²) < 4.78 is 10.2. The fraction of sp³-hybridized carbons (Fsp3) is 0.300. The number of allylic oxidation sites excluding steroid dienone is 2. The van der Waals surface area contributed by atoms with E-state index < -0.39 is 11.9 Å². The van der Waals surface area contributed by atoms with Gasteiger partial charge in [-0.1, -0.05) is 23.0 Å². The van der Waals surface area contributed by atoms with E-state index in [-0.39, 0.29) is 18.3 Å². The van der Waals surface area contributed by atoms with Crippen molar-refractivity contribution in [2.45, 2.75) is 26.7 Å². The number of hydrogen-bond acceptors (Lipinski definition) is 9. The van der Waals surface area contributed by atoms with Gasteiger partial charge in [0.2, 0.25) is 5.91 Å². The van der Waals surface area contributed by atoms with Crippen molar-refractivity contribution in [2.24, 2.45) is 0 Å². The van der Waals surface area contributed by atoms with Crippen LogP contribution in [0.5, 0.6) is 0 Å². The molecule has 0 bridgehead atoms. The molecular formula is C20H20N4O4S2. The van der Waals surface area contributed by atoms with Gasteiger partial charge in [-0.3, -0.25) is 4.79 Å². The molecule has 2 aromatic rings. The highest BCUT2D eigenvalue weighted by Crippen LogP contribution is 2.42. The number of aromatic nitrogens is 1. The third-order valence-corrected chi connectivity index (χ3v) is 6.17. The van der Waals surface area contributed by atoms with E-state index in [0.29, 0.717) is 33.5 Å². The maximum Gasteiger partial charge on any atom is 0.336 e. The Balaban J connectivity index is 1.84. The molecule has 1 atom stereocenters. The SMILES string of the molecule is CCOC(=O)C1=C(C)NC(SCC(=O)Nc2cc(C)on2)=C(C#N)[C@@H]1c1cccs1. The maximum absolute atomic E-state index is 12.6. The summed E-state index contributed by atoms with van der Waals surface area (Å²) in [5.74, 6) is -0.312. The smallest absolute Gasteiger partial charge is 0.336 e. The molecule has 0 radical (unpaired) electrons. The first-order chi connectivity index (χ1) is 14.4. The third-order valence-electron chi connectivity index (χ3n) is 4.21. The quantitative estimate of drug-likeness (QED) is 0.621. The van der Waals surface area contributed by atoms with Gasteiger partial charge in [0.1, 0.15) is 5.76 Å². The van der Waals surface area contributed by atoms with E-state index in [4.69, 9.17) is 9.26 Å². The lowest BCUT2D eigenvalue weighted by molar-refractivity contribution is -0.138. The normalized spacial score (nSPS) is 16.1. The van der Waals surface area contributed by atoms with E-state index in [1.807, 2.05) is 17.5 Å². The van der Waals surface area contributed by atoms with Crippen LogP contribution in [0.1, 0.15) is 30.4 Å². The molecule has 156 valence electrons. The molecule has 2 N–H and O–H groups in total. The van der Waals surface area contributed by atoms with Crippen LogP contribution in [0.4, 0.5) is 5.82 Å². The Morgan fingerprint density at radius 1 is 1.47 bits per heavy atom. The van der Waals surface area contributed by atoms with Crippen molar-refractivity contribution in [3.8, 4) is 6.07 Å². The number of nitriles is 1. The van der Waals surface area contributed by atoms with Crippen molar-refractivity contribution in [2.75, 3.05) is 17.7 Å². The van der Waals surface area contributed by atoms with E-state index in [0.717, 1.165) is 4.88 Å². The molecule has 8 nitrogen and oxygen atoms in total. The van der Waals surface area contributed by atoms with Crippen LogP contribution in [0, 0.1) is 18.3 Å². The summed E-state index contributed by atoms with van der Waals surface area (Å²) in [5.41, 5.74) is 1.38. The first-order valence-electron chi connectivity index (χ1n) is 9.13. The second-order valence-electron chi connectivity index (χ2n) is 6.35. The summed E-state index contributed by atoms with van der Waals surface area (Å²) in [5, 5.41) is 21.8. The average molecular weight is 445 g/mol. The van der Waals surface area contributed by atoms with Gasteiger partial charge in [-0.15, -0.1) is 11.3 Å². The van der Waals surface area contributed by atoms with Gasteiger partial charge in [-0.25, -0.2) is 4.79 Å². The number of dihydropyridines is 1. The fourth-order valence-electron chi connectivity index (χ4n) is 2.99. The van der Waals surface area contributed by atoms with Crippen LogP contribution < -0.4 is 10.6 Å². The number of thioether (sulfide) groups is 1. The second-order valence-corrected chi connectivity index (χ2v) is 8.31. The Kier molecular flexibility index (Phi) is 6.97. The molecule has 0 unspecified atom stereocenters. The number of nitrogens with zero attached hydrogens (tertiary/aromatic N) is 2. The molecule has 3 rings (SSSR count). The number of nitrogens with one attached hydrogen (secondary N) is 2. The van der Waals surface area contributed by atoms with E-state index in [1.165, 1.54) is 23.1 Å². The lowest BCUT2D eigenvalue weighted by Crippen LogP contribution is -2.29. The standard InChI is InChI=1S/C20H20N4O4S2/c1-4-27-20(26)17-12(3)22-19(13(9-21)18(17)14-6-5-7-29-14)30-10-16(25)23-15-8-11(2)28-24-15/h5-8,18,22H,4,10H2,1-3H3,(H,23,24,25)/t18-/m1/s1. The first-order valence-corrected chi connectivity index (χ1v) is 11.0. The van der Waals surface area contributed by atoms with Gasteiger partial charge in [0.25, 0.3) is 0 Å². The number of carbonyl (C=O) groups is 2. The van der Waals surface area contributed by atoms with E-state index in [1.54, 1.807) is 26.8 Å². The zero-order valence-corrected chi connectivity index (χ0v) is 18.3. The van der Waals surface area contributed by atoms with E-state index in [2.05, 4.69) is 21.9 Å². The van der Waals surface area contributed by atoms with Crippen molar-refractivity contribution in [3.05, 3.63) is 56.1 Å². The monoisotopic (exact) mass is 444 g/mol. The van der Waals surface area contributed by atoms with Gasteiger partial charge in [-0.05, 0) is 32.2 Å². The van der Waals surface area contributed by atoms with Crippen LogP contribution >= 0.6 is 23.1 Å². The number of thiophene rings is 1. The number of ether oxygens (including phenoxy) is 1. The zero-order chi connectivity index (χ0) is 21.7. The molecule has 1 aliphatic rings. The van der Waals surface area contributed by atoms with Crippen LogP contribution in [-0.2, 0) is 14.3 Å². The molecule has 1 amide bonds. The summed E-state index contributed by atoms with van der Waals surface area (Å²) in [6.45, 7) is 5.47. The van der Waals surface area contributed by atoms with Crippen molar-refractivity contribution >= 4 is 40.8 Å². The molecule has 10 heteroatoms. The highest BCUT2D eigenvalue weighted by Gasteiger charge is 2.36. The van der Waals surface area contributed by atoms with Gasteiger partial charge in [0.15, 0.2) is 5.82 Å². The summed E-state index contributed by atoms with van der Waals surface area (Å²) in [4.78, 5) is 25.8. The number of aryl methyl sites for hydroxylation is 1. The number of amides is 1. The number of rotatable bonds is 7. The molecule has 0 saturated heterocycles. The predicted octanol–water partition coefficient (Wildman–Crippen LogP) is 3.68. The molecule has 0 aliphatic carbocycles. The minimum absolute atomic E-state index is 0.0542. The number of carbonyl (C=O) groups excluding carboxylic acids is 2. The van der Waals surface area contributed by atoms with Gasteiger partial charge in [0.05, 0.1) is 40.5 Å². The Morgan fingerprint density at radius 3 is 2.87 bits per heavy atom. The Hall–Kier alpha value is -3.03. The minimum atomic E-state index is -0.543. The topological polar surface area (TPSA) is 117 Å². The van der Waals surface area contributed by atoms with Gasteiger partial charge >= 0.3 is 5.97 Å². The highest BCUT2D eigenvalue weighted by atomic mass is 32.2. The summed E-state index contributed by atoms with van der Waals surface area (Å²) >= 11 is 2.65. The van der Waals surface area contributed by atoms with Gasteiger partial charge < -0.3 is 19.9 Å².